The fourth-order valence-corrected chi connectivity index (χ4v) is 5.38. The van der Waals surface area contributed by atoms with E-state index in [1.54, 1.807) is 38.5 Å². The molecule has 206 valence electrons. The van der Waals surface area contributed by atoms with Crippen molar-refractivity contribution < 1.29 is 32.2 Å². The van der Waals surface area contributed by atoms with E-state index in [2.05, 4.69) is 10.2 Å². The number of nitrogens with zero attached hydrogens (tertiary/aromatic N) is 1. The third-order valence-corrected chi connectivity index (χ3v) is 7.40. The van der Waals surface area contributed by atoms with E-state index < -0.39 is 11.7 Å². The van der Waals surface area contributed by atoms with Crippen molar-refractivity contribution in [2.75, 3.05) is 32.6 Å². The van der Waals surface area contributed by atoms with Gasteiger partial charge in [-0.25, -0.2) is 0 Å². The van der Waals surface area contributed by atoms with Crippen molar-refractivity contribution in [3.8, 4) is 11.1 Å². The van der Waals surface area contributed by atoms with Crippen LogP contribution in [0.2, 0.25) is 0 Å². The summed E-state index contributed by atoms with van der Waals surface area (Å²) in [5.41, 5.74) is 3.84. The zero-order chi connectivity index (χ0) is 27.6. The molecule has 1 amide bonds. The monoisotopic (exact) mass is 540 g/mol. The lowest BCUT2D eigenvalue weighted by atomic mass is 9.96. The number of fused-ring (bicyclic) bond motifs is 1. The molecule has 39 heavy (non-hydrogen) atoms. The number of carbonyl (C=O) groups is 1. The van der Waals surface area contributed by atoms with E-state index in [-0.39, 0.29) is 24.4 Å². The molecular formula is C30H31F3N2O4. The number of methoxy groups -OCH3 is 2. The average molecular weight is 541 g/mol. The molecule has 0 bridgehead atoms. The second-order valence-corrected chi connectivity index (χ2v) is 9.94. The molecule has 1 fully saturated rings. The summed E-state index contributed by atoms with van der Waals surface area (Å²) in [4.78, 5) is 15.6. The summed E-state index contributed by atoms with van der Waals surface area (Å²) in [6.45, 7) is 2.52. The van der Waals surface area contributed by atoms with Gasteiger partial charge >= 0.3 is 6.18 Å². The van der Waals surface area contributed by atoms with Crippen molar-refractivity contribution in [1.82, 2.24) is 4.90 Å². The lowest BCUT2D eigenvalue weighted by Crippen LogP contribution is -2.37. The summed E-state index contributed by atoms with van der Waals surface area (Å²) in [6.07, 6.45) is -3.30. The number of ether oxygens (including phenoxy) is 3. The fraction of sp³-hybridized carbons (Fsp3) is 0.367. The Kier molecular flexibility index (Phi) is 8.04. The first-order valence-electron chi connectivity index (χ1n) is 12.9. The second kappa shape index (κ2) is 11.5. The number of hydrogen-bond acceptors (Lipinski definition) is 5. The van der Waals surface area contributed by atoms with E-state index in [1.807, 2.05) is 18.2 Å². The number of benzene rings is 3. The average Bonchev–Trinajstić information content (AvgIpc) is 3.34. The Morgan fingerprint density at radius 2 is 1.79 bits per heavy atom. The van der Waals surface area contributed by atoms with Crippen LogP contribution in [0.5, 0.6) is 0 Å². The lowest BCUT2D eigenvalue weighted by molar-refractivity contribution is -0.193. The molecule has 3 aromatic rings. The van der Waals surface area contributed by atoms with E-state index in [9.17, 15) is 18.0 Å². The molecule has 0 radical (unpaired) electrons. The highest BCUT2D eigenvalue weighted by Gasteiger charge is 2.37. The fourth-order valence-electron chi connectivity index (χ4n) is 5.38. The zero-order valence-electron chi connectivity index (χ0n) is 21.8. The van der Waals surface area contributed by atoms with Gasteiger partial charge in [-0.15, -0.1) is 0 Å². The molecule has 3 aromatic carbocycles. The molecule has 3 unspecified atom stereocenters. The van der Waals surface area contributed by atoms with E-state index in [0.717, 1.165) is 44.6 Å². The quantitative estimate of drug-likeness (QED) is 0.401. The molecule has 1 saturated heterocycles. The first-order chi connectivity index (χ1) is 18.7. The molecule has 6 nitrogen and oxygen atoms in total. The van der Waals surface area contributed by atoms with Gasteiger partial charge in [0.1, 0.15) is 0 Å². The number of halogens is 3. The summed E-state index contributed by atoms with van der Waals surface area (Å²) in [5, 5.41) is 2.97. The van der Waals surface area contributed by atoms with Gasteiger partial charge in [0.25, 0.3) is 5.91 Å². The maximum atomic E-state index is 13.2. The van der Waals surface area contributed by atoms with Crippen LogP contribution in [-0.2, 0) is 33.4 Å². The van der Waals surface area contributed by atoms with Crippen LogP contribution in [0, 0.1) is 5.92 Å². The SMILES string of the molecule is COC1CC(CN2CCc3cc(NC(=O)c4ccccc4-c4ccc(C(F)(F)F)cc4)ccc3C2)C(OC)O1. The van der Waals surface area contributed by atoms with E-state index in [0.29, 0.717) is 22.4 Å². The van der Waals surface area contributed by atoms with Gasteiger partial charge in [-0.05, 0) is 59.0 Å². The number of alkyl halides is 3. The van der Waals surface area contributed by atoms with Crippen molar-refractivity contribution in [2.45, 2.75) is 38.1 Å². The van der Waals surface area contributed by atoms with Gasteiger partial charge in [-0.3, -0.25) is 9.69 Å². The standard InChI is InChI=1S/C30H31F3N2O4/c1-37-27-16-22(29(38-2)39-27)18-35-14-13-20-15-24(12-9-21(20)17-35)34-28(36)26-6-4-3-5-25(26)19-7-10-23(11-8-19)30(31,32)33/h3-12,15,22,27,29H,13-14,16-18H2,1-2H3,(H,34,36). The first-order valence-corrected chi connectivity index (χ1v) is 12.9. The molecule has 2 aliphatic heterocycles. The summed E-state index contributed by atoms with van der Waals surface area (Å²) in [7, 11) is 3.29. The van der Waals surface area contributed by atoms with E-state index >= 15 is 0 Å². The molecular weight excluding hydrogens is 509 g/mol. The van der Waals surface area contributed by atoms with Crippen molar-refractivity contribution >= 4 is 11.6 Å². The Balaban J connectivity index is 1.26. The summed E-state index contributed by atoms with van der Waals surface area (Å²) in [5.74, 6) is -0.0905. The third kappa shape index (κ3) is 6.17. The van der Waals surface area contributed by atoms with Gasteiger partial charge in [-0.1, -0.05) is 36.4 Å². The van der Waals surface area contributed by atoms with Gasteiger partial charge in [0, 0.05) is 57.4 Å². The highest BCUT2D eigenvalue weighted by Crippen LogP contribution is 2.33. The molecule has 0 saturated carbocycles. The molecule has 3 atom stereocenters. The summed E-state index contributed by atoms with van der Waals surface area (Å²) >= 11 is 0. The molecule has 9 heteroatoms. The molecule has 2 heterocycles. The normalized spacial score (nSPS) is 21.5. The largest absolute Gasteiger partial charge is 0.416 e. The molecule has 0 aliphatic carbocycles. The zero-order valence-corrected chi connectivity index (χ0v) is 21.8. The van der Waals surface area contributed by atoms with Crippen LogP contribution >= 0.6 is 0 Å². The smallest absolute Gasteiger partial charge is 0.356 e. The predicted octanol–water partition coefficient (Wildman–Crippen LogP) is 5.96. The lowest BCUT2D eigenvalue weighted by Gasteiger charge is -2.31. The van der Waals surface area contributed by atoms with Gasteiger partial charge in [0.2, 0.25) is 0 Å². The second-order valence-electron chi connectivity index (χ2n) is 9.94. The molecule has 1 N–H and O–H groups in total. The summed E-state index contributed by atoms with van der Waals surface area (Å²) < 4.78 is 55.6. The van der Waals surface area contributed by atoms with Gasteiger partial charge in [-0.2, -0.15) is 13.2 Å². The van der Waals surface area contributed by atoms with Crippen LogP contribution < -0.4 is 5.32 Å². The van der Waals surface area contributed by atoms with Crippen LogP contribution in [0.3, 0.4) is 0 Å². The molecule has 2 aliphatic rings. The topological polar surface area (TPSA) is 60.0 Å². The minimum atomic E-state index is -4.41. The van der Waals surface area contributed by atoms with Gasteiger partial charge in [0.05, 0.1) is 5.56 Å². The molecule has 0 aromatic heterocycles. The van der Waals surface area contributed by atoms with Crippen LogP contribution in [0.1, 0.15) is 33.5 Å². The van der Waals surface area contributed by atoms with Crippen LogP contribution in [0.4, 0.5) is 18.9 Å². The third-order valence-electron chi connectivity index (χ3n) is 7.40. The molecule has 5 rings (SSSR count). The Labute approximate surface area is 225 Å². The number of carbonyl (C=O) groups excluding carboxylic acids is 1. The van der Waals surface area contributed by atoms with Crippen molar-refractivity contribution in [3.05, 3.63) is 89.0 Å². The van der Waals surface area contributed by atoms with Crippen LogP contribution in [0.15, 0.2) is 66.7 Å². The Bertz CT molecular complexity index is 1310. The summed E-state index contributed by atoms with van der Waals surface area (Å²) in [6, 6.07) is 17.7. The number of hydrogen-bond donors (Lipinski definition) is 1. The van der Waals surface area contributed by atoms with Crippen molar-refractivity contribution in [2.24, 2.45) is 5.92 Å². The number of anilines is 1. The van der Waals surface area contributed by atoms with Crippen LogP contribution in [0.25, 0.3) is 11.1 Å². The van der Waals surface area contributed by atoms with Gasteiger partial charge in [0.15, 0.2) is 12.6 Å². The van der Waals surface area contributed by atoms with Crippen LogP contribution in [-0.4, -0.2) is 50.7 Å². The Morgan fingerprint density at radius 1 is 1.03 bits per heavy atom. The van der Waals surface area contributed by atoms with Crippen molar-refractivity contribution in [1.29, 1.82) is 0 Å². The highest BCUT2D eigenvalue weighted by molar-refractivity contribution is 6.08. The van der Waals surface area contributed by atoms with E-state index in [4.69, 9.17) is 14.2 Å². The maximum Gasteiger partial charge on any atom is 0.416 e. The van der Waals surface area contributed by atoms with Gasteiger partial charge < -0.3 is 19.5 Å². The van der Waals surface area contributed by atoms with E-state index in [1.165, 1.54) is 23.3 Å². The highest BCUT2D eigenvalue weighted by atomic mass is 19.4. The van der Waals surface area contributed by atoms with Crippen molar-refractivity contribution in [3.63, 3.8) is 0 Å². The predicted molar refractivity (Wildman–Crippen MR) is 141 cm³/mol. The molecule has 0 spiro atoms. The minimum Gasteiger partial charge on any atom is -0.356 e. The Hall–Kier alpha value is -3.24. The first kappa shape index (κ1) is 27.3. The minimum absolute atomic E-state index is 0.227. The number of rotatable bonds is 7. The maximum absolute atomic E-state index is 13.2. The number of amides is 1. The number of nitrogens with one attached hydrogen (secondary N) is 1. The Morgan fingerprint density at radius 3 is 2.51 bits per heavy atom.